The van der Waals surface area contributed by atoms with Crippen LogP contribution < -0.4 is 10.6 Å². The van der Waals surface area contributed by atoms with Crippen LogP contribution in [-0.2, 0) is 9.53 Å². The van der Waals surface area contributed by atoms with Gasteiger partial charge >= 0.3 is 5.97 Å². The van der Waals surface area contributed by atoms with E-state index < -0.39 is 12.0 Å². The summed E-state index contributed by atoms with van der Waals surface area (Å²) in [5.74, 6) is -1.01. The lowest BCUT2D eigenvalue weighted by atomic mass is 10.0. The number of nitrogens with two attached hydrogens (primary N) is 1. The Balaban J connectivity index is 2.36. The number of benzene rings is 1. The van der Waals surface area contributed by atoms with Crippen molar-refractivity contribution in [3.8, 4) is 0 Å². The second-order valence-electron chi connectivity index (χ2n) is 4.48. The minimum Gasteiger partial charge on any atom is -0.480 e. The maximum absolute atomic E-state index is 11.1. The molecule has 1 aliphatic heterocycles. The third-order valence-corrected chi connectivity index (χ3v) is 3.14. The summed E-state index contributed by atoms with van der Waals surface area (Å²) in [7, 11) is 0. The highest BCUT2D eigenvalue weighted by atomic mass is 16.5. The van der Waals surface area contributed by atoms with Crippen LogP contribution in [0.2, 0.25) is 0 Å². The van der Waals surface area contributed by atoms with Crippen molar-refractivity contribution in [2.75, 3.05) is 31.2 Å². The van der Waals surface area contributed by atoms with Crippen LogP contribution in [0.25, 0.3) is 0 Å². The molecule has 5 heteroatoms. The Morgan fingerprint density at radius 2 is 2.11 bits per heavy atom. The molecule has 1 atom stereocenters. The average Bonchev–Trinajstić information content (AvgIpc) is 2.39. The molecule has 1 fully saturated rings. The number of hydrogen-bond donors (Lipinski definition) is 2. The van der Waals surface area contributed by atoms with E-state index in [0.717, 1.165) is 24.3 Å². The smallest absolute Gasteiger partial charge is 0.325 e. The molecule has 3 N–H and O–H groups in total. The highest BCUT2D eigenvalue weighted by Gasteiger charge is 2.22. The van der Waals surface area contributed by atoms with Crippen LogP contribution >= 0.6 is 0 Å². The van der Waals surface area contributed by atoms with Crippen molar-refractivity contribution in [3.63, 3.8) is 0 Å². The topological polar surface area (TPSA) is 75.8 Å². The van der Waals surface area contributed by atoms with E-state index in [9.17, 15) is 4.79 Å². The first-order chi connectivity index (χ1) is 8.59. The molecule has 1 aromatic carbocycles. The number of aliphatic carboxylic acids is 1. The zero-order chi connectivity index (χ0) is 13.1. The van der Waals surface area contributed by atoms with Gasteiger partial charge in [0.2, 0.25) is 0 Å². The zero-order valence-electron chi connectivity index (χ0n) is 10.4. The lowest BCUT2D eigenvalue weighted by Crippen LogP contribution is -2.37. The van der Waals surface area contributed by atoms with Gasteiger partial charge in [0.25, 0.3) is 0 Å². The second kappa shape index (κ2) is 5.37. The van der Waals surface area contributed by atoms with Crippen molar-refractivity contribution >= 4 is 11.7 Å². The number of ether oxygens (including phenoxy) is 1. The molecule has 1 aromatic rings. The Morgan fingerprint density at radius 3 is 2.72 bits per heavy atom. The largest absolute Gasteiger partial charge is 0.480 e. The lowest BCUT2D eigenvalue weighted by Gasteiger charge is -2.31. The summed E-state index contributed by atoms with van der Waals surface area (Å²) in [6.07, 6.45) is 0. The molecule has 2 rings (SSSR count). The van der Waals surface area contributed by atoms with Crippen LogP contribution in [0.15, 0.2) is 18.2 Å². The van der Waals surface area contributed by atoms with Gasteiger partial charge in [-0.15, -0.1) is 0 Å². The number of morpholine rings is 1. The van der Waals surface area contributed by atoms with Gasteiger partial charge in [0.05, 0.1) is 13.2 Å². The Morgan fingerprint density at radius 1 is 1.44 bits per heavy atom. The van der Waals surface area contributed by atoms with Gasteiger partial charge in [0.15, 0.2) is 0 Å². The van der Waals surface area contributed by atoms with Crippen LogP contribution in [0.5, 0.6) is 0 Å². The summed E-state index contributed by atoms with van der Waals surface area (Å²) in [6.45, 7) is 4.84. The third kappa shape index (κ3) is 2.63. The standard InChI is InChI=1S/C13H18N2O3/c1-9-2-3-10(12(14)13(16)17)11(8-9)15-4-6-18-7-5-15/h2-3,8,12H,4-7,14H2,1H3,(H,16,17). The lowest BCUT2D eigenvalue weighted by molar-refractivity contribution is -0.138. The first kappa shape index (κ1) is 12.9. The molecule has 0 aliphatic carbocycles. The van der Waals surface area contributed by atoms with E-state index in [1.807, 2.05) is 19.1 Å². The summed E-state index contributed by atoms with van der Waals surface area (Å²) in [5, 5.41) is 9.06. The third-order valence-electron chi connectivity index (χ3n) is 3.14. The molecule has 98 valence electrons. The molecular formula is C13H18N2O3. The minimum absolute atomic E-state index is 0.662. The van der Waals surface area contributed by atoms with Gasteiger partial charge in [-0.2, -0.15) is 0 Å². The summed E-state index contributed by atoms with van der Waals surface area (Å²) < 4.78 is 5.31. The fraction of sp³-hybridized carbons (Fsp3) is 0.462. The van der Waals surface area contributed by atoms with Gasteiger partial charge in [0, 0.05) is 24.3 Å². The number of aryl methyl sites for hydroxylation is 1. The molecule has 0 amide bonds. The average molecular weight is 250 g/mol. The molecule has 1 heterocycles. The van der Waals surface area contributed by atoms with Crippen LogP contribution in [0, 0.1) is 6.92 Å². The molecule has 0 spiro atoms. The Kier molecular flexibility index (Phi) is 3.84. The first-order valence-corrected chi connectivity index (χ1v) is 6.01. The van der Waals surface area contributed by atoms with Crippen LogP contribution in [0.1, 0.15) is 17.2 Å². The van der Waals surface area contributed by atoms with Gasteiger partial charge in [-0.1, -0.05) is 12.1 Å². The molecule has 1 saturated heterocycles. The molecule has 0 saturated carbocycles. The summed E-state index contributed by atoms with van der Waals surface area (Å²) in [5.41, 5.74) is 8.41. The Labute approximate surface area is 106 Å². The number of carboxylic acids is 1. The van der Waals surface area contributed by atoms with E-state index in [-0.39, 0.29) is 0 Å². The Bertz CT molecular complexity index is 442. The van der Waals surface area contributed by atoms with Crippen molar-refractivity contribution in [1.82, 2.24) is 0 Å². The molecular weight excluding hydrogens is 232 g/mol. The van der Waals surface area contributed by atoms with Crippen LogP contribution in [-0.4, -0.2) is 37.4 Å². The summed E-state index contributed by atoms with van der Waals surface area (Å²) in [6, 6.07) is 4.70. The molecule has 18 heavy (non-hydrogen) atoms. The normalized spacial score (nSPS) is 17.6. The number of carboxylic acid groups (broad SMARTS) is 1. The van der Waals surface area contributed by atoms with E-state index in [0.29, 0.717) is 18.8 Å². The molecule has 1 unspecified atom stereocenters. The summed E-state index contributed by atoms with van der Waals surface area (Å²) in [4.78, 5) is 13.2. The fourth-order valence-electron chi connectivity index (χ4n) is 2.13. The van der Waals surface area contributed by atoms with E-state index in [4.69, 9.17) is 15.6 Å². The molecule has 0 radical (unpaired) electrons. The van der Waals surface area contributed by atoms with E-state index in [1.165, 1.54) is 0 Å². The van der Waals surface area contributed by atoms with Gasteiger partial charge in [0.1, 0.15) is 6.04 Å². The highest BCUT2D eigenvalue weighted by Crippen LogP contribution is 2.27. The molecule has 1 aliphatic rings. The first-order valence-electron chi connectivity index (χ1n) is 6.01. The quantitative estimate of drug-likeness (QED) is 0.834. The van der Waals surface area contributed by atoms with Gasteiger partial charge in [-0.25, -0.2) is 0 Å². The predicted molar refractivity (Wildman–Crippen MR) is 68.8 cm³/mol. The number of carbonyl (C=O) groups is 1. The SMILES string of the molecule is Cc1ccc(C(N)C(=O)O)c(N2CCOCC2)c1. The summed E-state index contributed by atoms with van der Waals surface area (Å²) >= 11 is 0. The van der Waals surface area contributed by atoms with Crippen molar-refractivity contribution in [2.45, 2.75) is 13.0 Å². The number of anilines is 1. The van der Waals surface area contributed by atoms with E-state index in [2.05, 4.69) is 4.90 Å². The van der Waals surface area contributed by atoms with E-state index >= 15 is 0 Å². The predicted octanol–water partition coefficient (Wildman–Crippen LogP) is 0.916. The number of rotatable bonds is 3. The Hall–Kier alpha value is -1.59. The molecule has 5 nitrogen and oxygen atoms in total. The molecule has 0 bridgehead atoms. The fourth-order valence-corrected chi connectivity index (χ4v) is 2.13. The van der Waals surface area contributed by atoms with Gasteiger partial charge < -0.3 is 20.5 Å². The van der Waals surface area contributed by atoms with Crippen molar-refractivity contribution in [3.05, 3.63) is 29.3 Å². The maximum atomic E-state index is 11.1. The highest BCUT2D eigenvalue weighted by molar-refractivity contribution is 5.78. The number of nitrogens with zero attached hydrogens (tertiary/aromatic N) is 1. The van der Waals surface area contributed by atoms with Crippen molar-refractivity contribution in [1.29, 1.82) is 0 Å². The zero-order valence-corrected chi connectivity index (χ0v) is 10.4. The molecule has 0 aromatic heterocycles. The van der Waals surface area contributed by atoms with Crippen molar-refractivity contribution < 1.29 is 14.6 Å². The van der Waals surface area contributed by atoms with E-state index in [1.54, 1.807) is 6.07 Å². The monoisotopic (exact) mass is 250 g/mol. The second-order valence-corrected chi connectivity index (χ2v) is 4.48. The minimum atomic E-state index is -1.01. The van der Waals surface area contributed by atoms with Crippen molar-refractivity contribution in [2.24, 2.45) is 5.73 Å². The van der Waals surface area contributed by atoms with Crippen LogP contribution in [0.3, 0.4) is 0 Å². The maximum Gasteiger partial charge on any atom is 0.325 e. The van der Waals surface area contributed by atoms with Gasteiger partial charge in [-0.05, 0) is 18.6 Å². The van der Waals surface area contributed by atoms with Gasteiger partial charge in [-0.3, -0.25) is 4.79 Å². The van der Waals surface area contributed by atoms with Crippen LogP contribution in [0.4, 0.5) is 5.69 Å². The number of hydrogen-bond acceptors (Lipinski definition) is 4.